The van der Waals surface area contributed by atoms with Crippen molar-refractivity contribution in [1.82, 2.24) is 5.32 Å². The molecule has 2 nitrogen and oxygen atoms in total. The minimum absolute atomic E-state index is 0.350. The summed E-state index contributed by atoms with van der Waals surface area (Å²) >= 11 is 3.33. The third-order valence-corrected chi connectivity index (χ3v) is 3.84. The standard InChI is InChI=1S/C15H24BrNO/c1-3-4-5-6-8-12(2)17-11-13-9-7-10-14(16)15(13)18/h7,9-10,12,17-18H,3-6,8,11H2,1-2H3. The van der Waals surface area contributed by atoms with Crippen molar-refractivity contribution in [3.63, 3.8) is 0 Å². The second-order valence-electron chi connectivity index (χ2n) is 4.88. The molecule has 0 aliphatic carbocycles. The van der Waals surface area contributed by atoms with E-state index >= 15 is 0 Å². The Labute approximate surface area is 119 Å². The summed E-state index contributed by atoms with van der Waals surface area (Å²) in [6, 6.07) is 6.26. The smallest absolute Gasteiger partial charge is 0.134 e. The molecule has 0 aromatic heterocycles. The highest BCUT2D eigenvalue weighted by Crippen LogP contribution is 2.27. The summed E-state index contributed by atoms with van der Waals surface area (Å²) in [5, 5.41) is 13.3. The number of halogens is 1. The average molecular weight is 314 g/mol. The van der Waals surface area contributed by atoms with Crippen LogP contribution in [0.25, 0.3) is 0 Å². The summed E-state index contributed by atoms with van der Waals surface area (Å²) in [6.45, 7) is 5.17. The molecule has 1 aromatic rings. The van der Waals surface area contributed by atoms with E-state index in [0.29, 0.717) is 11.8 Å². The first-order chi connectivity index (χ1) is 8.65. The van der Waals surface area contributed by atoms with Gasteiger partial charge in [0, 0.05) is 18.2 Å². The highest BCUT2D eigenvalue weighted by atomic mass is 79.9. The summed E-state index contributed by atoms with van der Waals surface area (Å²) in [6.07, 6.45) is 6.43. The zero-order valence-corrected chi connectivity index (χ0v) is 13.0. The number of para-hydroxylation sites is 1. The van der Waals surface area contributed by atoms with E-state index in [2.05, 4.69) is 35.1 Å². The van der Waals surface area contributed by atoms with Gasteiger partial charge >= 0.3 is 0 Å². The van der Waals surface area contributed by atoms with Crippen molar-refractivity contribution >= 4 is 15.9 Å². The zero-order chi connectivity index (χ0) is 13.4. The summed E-state index contributed by atoms with van der Waals surface area (Å²) in [4.78, 5) is 0. The van der Waals surface area contributed by atoms with Crippen LogP contribution in [0.4, 0.5) is 0 Å². The fraction of sp³-hybridized carbons (Fsp3) is 0.600. The molecular weight excluding hydrogens is 290 g/mol. The molecule has 1 unspecified atom stereocenters. The van der Waals surface area contributed by atoms with E-state index in [9.17, 15) is 5.11 Å². The van der Waals surface area contributed by atoms with Crippen molar-refractivity contribution in [3.05, 3.63) is 28.2 Å². The van der Waals surface area contributed by atoms with Crippen LogP contribution in [-0.2, 0) is 6.54 Å². The molecule has 0 spiro atoms. The largest absolute Gasteiger partial charge is 0.506 e. The first-order valence-electron chi connectivity index (χ1n) is 6.85. The highest BCUT2D eigenvalue weighted by Gasteiger charge is 2.06. The van der Waals surface area contributed by atoms with E-state index in [1.54, 1.807) is 0 Å². The second-order valence-corrected chi connectivity index (χ2v) is 5.73. The Balaban J connectivity index is 2.29. The van der Waals surface area contributed by atoms with E-state index in [-0.39, 0.29) is 0 Å². The first kappa shape index (κ1) is 15.5. The highest BCUT2D eigenvalue weighted by molar-refractivity contribution is 9.10. The quantitative estimate of drug-likeness (QED) is 0.687. The number of benzene rings is 1. The molecule has 0 heterocycles. The van der Waals surface area contributed by atoms with Gasteiger partial charge in [-0.05, 0) is 35.3 Å². The summed E-state index contributed by atoms with van der Waals surface area (Å²) in [5.74, 6) is 0.350. The van der Waals surface area contributed by atoms with Gasteiger partial charge in [-0.1, -0.05) is 44.7 Å². The van der Waals surface area contributed by atoms with Crippen LogP contribution in [-0.4, -0.2) is 11.1 Å². The van der Waals surface area contributed by atoms with Crippen molar-refractivity contribution in [2.75, 3.05) is 0 Å². The number of hydrogen-bond donors (Lipinski definition) is 2. The molecule has 1 rings (SSSR count). The molecule has 0 fully saturated rings. The lowest BCUT2D eigenvalue weighted by Gasteiger charge is -2.14. The van der Waals surface area contributed by atoms with Crippen LogP contribution in [0.1, 0.15) is 51.5 Å². The molecule has 0 saturated heterocycles. The van der Waals surface area contributed by atoms with Gasteiger partial charge < -0.3 is 10.4 Å². The van der Waals surface area contributed by atoms with Gasteiger partial charge in [0.2, 0.25) is 0 Å². The van der Waals surface area contributed by atoms with E-state index in [1.165, 1.54) is 32.1 Å². The summed E-state index contributed by atoms with van der Waals surface area (Å²) in [7, 11) is 0. The Morgan fingerprint density at radius 2 is 2.06 bits per heavy atom. The topological polar surface area (TPSA) is 32.3 Å². The van der Waals surface area contributed by atoms with Gasteiger partial charge in [0.05, 0.1) is 4.47 Å². The third-order valence-electron chi connectivity index (χ3n) is 3.20. The van der Waals surface area contributed by atoms with Crippen LogP contribution in [0.5, 0.6) is 5.75 Å². The molecule has 1 atom stereocenters. The molecule has 0 aliphatic rings. The first-order valence-corrected chi connectivity index (χ1v) is 7.64. The molecule has 0 amide bonds. The minimum Gasteiger partial charge on any atom is -0.506 e. The van der Waals surface area contributed by atoms with Crippen LogP contribution in [0.15, 0.2) is 22.7 Å². The van der Waals surface area contributed by atoms with Gasteiger partial charge in [-0.3, -0.25) is 0 Å². The molecule has 3 heteroatoms. The van der Waals surface area contributed by atoms with Gasteiger partial charge in [-0.25, -0.2) is 0 Å². The predicted molar refractivity (Wildman–Crippen MR) is 80.9 cm³/mol. The average Bonchev–Trinajstić information content (AvgIpc) is 2.36. The van der Waals surface area contributed by atoms with Crippen molar-refractivity contribution in [2.24, 2.45) is 0 Å². The number of aromatic hydroxyl groups is 1. The lowest BCUT2D eigenvalue weighted by Crippen LogP contribution is -2.25. The van der Waals surface area contributed by atoms with Crippen molar-refractivity contribution in [1.29, 1.82) is 0 Å². The fourth-order valence-electron chi connectivity index (χ4n) is 1.97. The Kier molecular flexibility index (Phi) is 7.36. The van der Waals surface area contributed by atoms with Crippen LogP contribution >= 0.6 is 15.9 Å². The maximum Gasteiger partial charge on any atom is 0.134 e. The number of phenols is 1. The van der Waals surface area contributed by atoms with Gasteiger partial charge in [0.25, 0.3) is 0 Å². The normalized spacial score (nSPS) is 12.6. The minimum atomic E-state index is 0.350. The predicted octanol–water partition coefficient (Wildman–Crippen LogP) is 4.60. The van der Waals surface area contributed by atoms with Crippen LogP contribution in [0, 0.1) is 0 Å². The zero-order valence-electron chi connectivity index (χ0n) is 11.4. The Morgan fingerprint density at radius 1 is 1.28 bits per heavy atom. The molecule has 18 heavy (non-hydrogen) atoms. The van der Waals surface area contributed by atoms with Gasteiger partial charge in [0.1, 0.15) is 5.75 Å². The Bertz CT molecular complexity index is 354. The molecule has 0 radical (unpaired) electrons. The number of nitrogens with one attached hydrogen (secondary N) is 1. The third kappa shape index (κ3) is 5.40. The van der Waals surface area contributed by atoms with E-state index in [4.69, 9.17) is 0 Å². The Hall–Kier alpha value is -0.540. The van der Waals surface area contributed by atoms with Crippen LogP contribution in [0.2, 0.25) is 0 Å². The number of phenolic OH excluding ortho intramolecular Hbond substituents is 1. The molecule has 1 aromatic carbocycles. The van der Waals surface area contributed by atoms with Gasteiger partial charge in [-0.15, -0.1) is 0 Å². The Morgan fingerprint density at radius 3 is 2.78 bits per heavy atom. The molecule has 0 aliphatic heterocycles. The van der Waals surface area contributed by atoms with Crippen molar-refractivity contribution in [3.8, 4) is 5.75 Å². The fourth-order valence-corrected chi connectivity index (χ4v) is 2.37. The number of hydrogen-bond acceptors (Lipinski definition) is 2. The lowest BCUT2D eigenvalue weighted by molar-refractivity contribution is 0.447. The second kappa shape index (κ2) is 8.54. The van der Waals surface area contributed by atoms with Gasteiger partial charge in [0.15, 0.2) is 0 Å². The maximum atomic E-state index is 9.87. The molecule has 0 saturated carbocycles. The molecule has 2 N–H and O–H groups in total. The molecule has 102 valence electrons. The SMILES string of the molecule is CCCCCCC(C)NCc1cccc(Br)c1O. The number of rotatable bonds is 8. The van der Waals surface area contributed by atoms with Crippen molar-refractivity contribution in [2.45, 2.75) is 58.5 Å². The van der Waals surface area contributed by atoms with Crippen molar-refractivity contribution < 1.29 is 5.11 Å². The molecular formula is C15H24BrNO. The molecule has 0 bridgehead atoms. The van der Waals surface area contributed by atoms with E-state index < -0.39 is 0 Å². The summed E-state index contributed by atoms with van der Waals surface area (Å²) < 4.78 is 0.761. The maximum absolute atomic E-state index is 9.87. The lowest BCUT2D eigenvalue weighted by atomic mass is 10.1. The van der Waals surface area contributed by atoms with Crippen LogP contribution in [0.3, 0.4) is 0 Å². The number of unbranched alkanes of at least 4 members (excludes halogenated alkanes) is 3. The van der Waals surface area contributed by atoms with E-state index in [0.717, 1.165) is 16.6 Å². The van der Waals surface area contributed by atoms with Gasteiger partial charge in [-0.2, -0.15) is 0 Å². The summed E-state index contributed by atoms with van der Waals surface area (Å²) in [5.41, 5.74) is 0.949. The van der Waals surface area contributed by atoms with Crippen LogP contribution < -0.4 is 5.32 Å². The van der Waals surface area contributed by atoms with E-state index in [1.807, 2.05) is 18.2 Å². The monoisotopic (exact) mass is 313 g/mol.